The van der Waals surface area contributed by atoms with Crippen molar-refractivity contribution >= 4 is 74.7 Å². The Labute approximate surface area is 273 Å². The van der Waals surface area contributed by atoms with E-state index in [9.17, 15) is 34.0 Å². The number of terminal acetylenes is 1. The number of sulfone groups is 1. The second-order valence-electron chi connectivity index (χ2n) is 10.0. The second kappa shape index (κ2) is 12.7. The molecular weight excluding hydrogens is 694 g/mol. The molecule has 0 radical (unpaired) electrons. The Morgan fingerprint density at radius 3 is 1.87 bits per heavy atom. The third-order valence-electron chi connectivity index (χ3n) is 6.71. The number of nitrogens with one attached hydrogen (secondary N) is 4. The summed E-state index contributed by atoms with van der Waals surface area (Å²) >= 11 is 5.62. The molecule has 242 valence electrons. The predicted octanol–water partition coefficient (Wildman–Crippen LogP) is 6.25. The number of benzene rings is 4. The van der Waals surface area contributed by atoms with E-state index < -0.39 is 41.5 Å². The highest BCUT2D eigenvalue weighted by molar-refractivity contribution is 7.93. The van der Waals surface area contributed by atoms with Gasteiger partial charge in [0.1, 0.15) is 21.4 Å². The van der Waals surface area contributed by atoms with Gasteiger partial charge in [-0.1, -0.05) is 23.6 Å². The summed E-state index contributed by atoms with van der Waals surface area (Å²) in [4.78, 5) is 5.52. The minimum absolute atomic E-state index is 0.0311. The maximum atomic E-state index is 13.7. The molecule has 0 atom stereocenters. The van der Waals surface area contributed by atoms with Crippen LogP contribution in [0.25, 0.3) is 21.8 Å². The lowest BCUT2D eigenvalue weighted by Gasteiger charge is -2.08. The summed E-state index contributed by atoms with van der Waals surface area (Å²) in [6, 6.07) is 17.9. The third kappa shape index (κ3) is 7.42. The lowest BCUT2D eigenvalue weighted by atomic mass is 10.2. The number of H-pyrrole nitrogens is 2. The highest BCUT2D eigenvalue weighted by Crippen LogP contribution is 2.28. The average molecular weight is 717 g/mol. The maximum Gasteiger partial charge on any atom is 0.264 e. The van der Waals surface area contributed by atoms with Gasteiger partial charge >= 0.3 is 0 Å². The largest absolute Gasteiger partial charge is 0.360 e. The fourth-order valence-electron chi connectivity index (χ4n) is 4.44. The van der Waals surface area contributed by atoms with Crippen molar-refractivity contribution in [1.29, 1.82) is 0 Å². The van der Waals surface area contributed by atoms with Crippen LogP contribution in [0.1, 0.15) is 5.56 Å². The molecule has 2 heterocycles. The molecule has 0 amide bonds. The van der Waals surface area contributed by atoms with Crippen LogP contribution in [0.3, 0.4) is 0 Å². The Hall–Kier alpha value is -4.88. The fraction of sp³-hybridized carbons (Fsp3) is 0.0323. The van der Waals surface area contributed by atoms with Crippen LogP contribution in [0.15, 0.2) is 106 Å². The zero-order valence-electron chi connectivity index (χ0n) is 24.0. The summed E-state index contributed by atoms with van der Waals surface area (Å²) in [6.45, 7) is 0. The Kier molecular flexibility index (Phi) is 9.07. The van der Waals surface area contributed by atoms with Gasteiger partial charge in [0, 0.05) is 56.7 Å². The molecule has 47 heavy (non-hydrogen) atoms. The Bertz CT molecular complexity index is 2530. The number of halogens is 3. The molecule has 2 aromatic heterocycles. The number of hydrogen-bond acceptors (Lipinski definition) is 6. The van der Waals surface area contributed by atoms with Crippen LogP contribution < -0.4 is 9.44 Å². The van der Waals surface area contributed by atoms with Crippen LogP contribution in [-0.4, -0.2) is 41.5 Å². The van der Waals surface area contributed by atoms with Crippen LogP contribution in [0, 0.1) is 24.0 Å². The molecule has 0 aliphatic heterocycles. The van der Waals surface area contributed by atoms with E-state index in [1.807, 2.05) is 0 Å². The van der Waals surface area contributed by atoms with Gasteiger partial charge in [0.05, 0.1) is 10.6 Å². The van der Waals surface area contributed by atoms with E-state index in [1.165, 1.54) is 54.9 Å². The molecule has 0 aliphatic carbocycles. The lowest BCUT2D eigenvalue weighted by molar-refractivity contribution is 0.598. The smallest absolute Gasteiger partial charge is 0.264 e. The Balaban J connectivity index is 0.000000186. The molecule has 16 heteroatoms. The predicted molar refractivity (Wildman–Crippen MR) is 177 cm³/mol. The molecule has 0 unspecified atom stereocenters. The quantitative estimate of drug-likeness (QED) is 0.143. The highest BCUT2D eigenvalue weighted by Gasteiger charge is 2.22. The highest BCUT2D eigenvalue weighted by atomic mass is 35.5. The number of aromatic amines is 2. The zero-order chi connectivity index (χ0) is 34.1. The van der Waals surface area contributed by atoms with Gasteiger partial charge < -0.3 is 9.97 Å². The van der Waals surface area contributed by atoms with Crippen molar-refractivity contribution in [2.24, 2.45) is 0 Å². The van der Waals surface area contributed by atoms with Crippen LogP contribution in [0.5, 0.6) is 0 Å². The summed E-state index contributed by atoms with van der Waals surface area (Å²) in [5.74, 6) is 1.17. The van der Waals surface area contributed by atoms with Crippen molar-refractivity contribution in [3.8, 4) is 12.3 Å². The molecule has 4 N–H and O–H groups in total. The monoisotopic (exact) mass is 716 g/mol. The molecule has 10 nitrogen and oxygen atoms in total. The first kappa shape index (κ1) is 33.5. The van der Waals surface area contributed by atoms with E-state index in [0.717, 1.165) is 18.4 Å². The van der Waals surface area contributed by atoms with Gasteiger partial charge in [-0.05, 0) is 72.8 Å². The molecule has 4 aromatic carbocycles. The number of sulfonamides is 2. The SMILES string of the molecule is C#Cc1ccc(NS(=O)(=O)c2c[nH]c3cc(S(C)(=O)=O)ccc23)cc1.O=S(=O)(Nc1ccc(Cl)cc1F)c1c[nH]c2cc(F)ccc12. The van der Waals surface area contributed by atoms with Gasteiger partial charge in [0.2, 0.25) is 0 Å². The van der Waals surface area contributed by atoms with Crippen LogP contribution in [0.4, 0.5) is 20.2 Å². The van der Waals surface area contributed by atoms with Crippen molar-refractivity contribution < 1.29 is 34.0 Å². The first-order valence-electron chi connectivity index (χ1n) is 13.2. The maximum absolute atomic E-state index is 13.7. The summed E-state index contributed by atoms with van der Waals surface area (Å²) in [7, 11) is -11.3. The number of fused-ring (bicyclic) bond motifs is 2. The van der Waals surface area contributed by atoms with E-state index in [0.29, 0.717) is 33.1 Å². The summed E-state index contributed by atoms with van der Waals surface area (Å²) in [5.41, 5.74) is 1.55. The van der Waals surface area contributed by atoms with Crippen molar-refractivity contribution in [3.63, 3.8) is 0 Å². The fourth-order valence-corrected chi connectivity index (χ4v) is 7.73. The molecule has 0 bridgehead atoms. The Morgan fingerprint density at radius 1 is 0.723 bits per heavy atom. The number of rotatable bonds is 7. The van der Waals surface area contributed by atoms with Crippen molar-refractivity contribution in [2.45, 2.75) is 14.7 Å². The van der Waals surface area contributed by atoms with E-state index in [-0.39, 0.29) is 25.4 Å². The summed E-state index contributed by atoms with van der Waals surface area (Å²) < 4.78 is 105. The van der Waals surface area contributed by atoms with Gasteiger partial charge in [-0.15, -0.1) is 6.42 Å². The van der Waals surface area contributed by atoms with Crippen LogP contribution in [-0.2, 0) is 29.9 Å². The molecule has 6 aromatic rings. The van der Waals surface area contributed by atoms with E-state index in [1.54, 1.807) is 24.3 Å². The first-order valence-corrected chi connectivity index (χ1v) is 18.5. The van der Waals surface area contributed by atoms with Crippen molar-refractivity contribution in [1.82, 2.24) is 9.97 Å². The average Bonchev–Trinajstić information content (AvgIpc) is 3.63. The minimum Gasteiger partial charge on any atom is -0.360 e. The van der Waals surface area contributed by atoms with E-state index in [4.69, 9.17) is 18.0 Å². The van der Waals surface area contributed by atoms with Crippen molar-refractivity contribution in [2.75, 3.05) is 15.7 Å². The second-order valence-corrected chi connectivity index (χ2v) is 15.8. The normalized spacial score (nSPS) is 11.9. The zero-order valence-corrected chi connectivity index (χ0v) is 27.3. The van der Waals surface area contributed by atoms with Crippen LogP contribution >= 0.6 is 11.6 Å². The molecular formula is C31H23ClF2N4O6S3. The van der Waals surface area contributed by atoms with Gasteiger partial charge in [0.15, 0.2) is 9.84 Å². The number of aromatic nitrogens is 2. The van der Waals surface area contributed by atoms with Gasteiger partial charge in [-0.2, -0.15) is 0 Å². The van der Waals surface area contributed by atoms with Crippen molar-refractivity contribution in [3.05, 3.63) is 113 Å². The van der Waals surface area contributed by atoms with E-state index in [2.05, 4.69) is 25.3 Å². The summed E-state index contributed by atoms with van der Waals surface area (Å²) in [6.07, 6.45) is 8.92. The molecule has 0 saturated heterocycles. The molecule has 0 fully saturated rings. The standard InChI is InChI=1S/C17H14N2O4S2.C14H9ClF2N2O2S/c1-3-12-4-6-13(7-5-12)19-25(22,23)17-11-18-16-10-14(24(2,20)21)8-9-15(16)17;15-8-1-4-12(11(17)5-8)19-22(20,21)14-7-18-13-6-9(16)2-3-10(13)14/h1,4-11,18-19H,2H3;1-7,18-19H. The molecule has 0 saturated carbocycles. The Morgan fingerprint density at radius 2 is 1.30 bits per heavy atom. The van der Waals surface area contributed by atoms with E-state index >= 15 is 0 Å². The topological polar surface area (TPSA) is 158 Å². The molecule has 0 spiro atoms. The number of hydrogen-bond donors (Lipinski definition) is 4. The lowest BCUT2D eigenvalue weighted by Crippen LogP contribution is -2.13. The molecule has 0 aliphatic rings. The van der Waals surface area contributed by atoms with Gasteiger partial charge in [-0.25, -0.2) is 34.0 Å². The minimum atomic E-state index is -4.03. The number of anilines is 2. The third-order valence-corrected chi connectivity index (χ3v) is 10.9. The molecule has 6 rings (SSSR count). The van der Waals surface area contributed by atoms with Gasteiger partial charge in [0.25, 0.3) is 20.0 Å². The first-order chi connectivity index (χ1) is 22.1. The summed E-state index contributed by atoms with van der Waals surface area (Å²) in [5, 5.41) is 0.867. The van der Waals surface area contributed by atoms with Crippen LogP contribution in [0.2, 0.25) is 5.02 Å². The van der Waals surface area contributed by atoms with Gasteiger partial charge in [-0.3, -0.25) is 9.44 Å².